The molecule has 0 saturated carbocycles. The molecular weight excluding hydrogens is 150 g/mol. The minimum Gasteiger partial charge on any atom is -0.494 e. The van der Waals surface area contributed by atoms with Gasteiger partial charge in [0, 0.05) is 11.8 Å². The average molecular weight is 167 g/mol. The highest BCUT2D eigenvalue weighted by atomic mass is 16.5. The van der Waals surface area contributed by atoms with Crippen LogP contribution in [0, 0.1) is 5.92 Å². The normalized spacial score (nSPS) is 11.5. The van der Waals surface area contributed by atoms with E-state index in [0.717, 1.165) is 5.70 Å². The smallest absolute Gasteiger partial charge is 0.113 e. The van der Waals surface area contributed by atoms with Gasteiger partial charge >= 0.3 is 0 Å². The van der Waals surface area contributed by atoms with Gasteiger partial charge in [-0.2, -0.15) is 0 Å². The summed E-state index contributed by atoms with van der Waals surface area (Å²) in [7, 11) is 0. The van der Waals surface area contributed by atoms with Gasteiger partial charge in [-0.3, -0.25) is 4.99 Å². The van der Waals surface area contributed by atoms with Crippen LogP contribution < -0.4 is 0 Å². The van der Waals surface area contributed by atoms with Crippen LogP contribution in [0.4, 0.5) is 0 Å². The fraction of sp³-hybridized carbons (Fsp3) is 0.500. The monoisotopic (exact) mass is 167 g/mol. The van der Waals surface area contributed by atoms with E-state index in [4.69, 9.17) is 4.74 Å². The SMILES string of the molecule is C=N/C(C)=C/C(=C)OCC(C)C. The van der Waals surface area contributed by atoms with Crippen molar-refractivity contribution >= 4 is 6.72 Å². The highest BCUT2D eigenvalue weighted by Gasteiger charge is 1.95. The summed E-state index contributed by atoms with van der Waals surface area (Å²) in [6.07, 6.45) is 1.77. The Balaban J connectivity index is 3.82. The van der Waals surface area contributed by atoms with Gasteiger partial charge in [-0.25, -0.2) is 0 Å². The number of rotatable bonds is 5. The Morgan fingerprint density at radius 3 is 2.58 bits per heavy atom. The molecule has 0 aliphatic carbocycles. The molecule has 0 unspecified atom stereocenters. The third-order valence-electron chi connectivity index (χ3n) is 1.22. The maximum atomic E-state index is 5.32. The van der Waals surface area contributed by atoms with E-state index in [2.05, 4.69) is 32.1 Å². The van der Waals surface area contributed by atoms with E-state index in [1.54, 1.807) is 6.08 Å². The Morgan fingerprint density at radius 2 is 2.17 bits per heavy atom. The Hall–Kier alpha value is -1.05. The second kappa shape index (κ2) is 5.58. The number of aliphatic imine (C=N–C) groups is 1. The lowest BCUT2D eigenvalue weighted by Crippen LogP contribution is -1.99. The van der Waals surface area contributed by atoms with Crippen molar-refractivity contribution < 1.29 is 4.74 Å². The van der Waals surface area contributed by atoms with Crippen molar-refractivity contribution in [2.75, 3.05) is 6.61 Å². The zero-order chi connectivity index (χ0) is 9.56. The van der Waals surface area contributed by atoms with E-state index in [1.165, 1.54) is 0 Å². The molecule has 2 heteroatoms. The molecule has 0 fully saturated rings. The molecule has 0 aliphatic rings. The van der Waals surface area contributed by atoms with Crippen LogP contribution in [-0.2, 0) is 4.74 Å². The minimum absolute atomic E-state index is 0.521. The van der Waals surface area contributed by atoms with Crippen LogP contribution in [0.1, 0.15) is 20.8 Å². The van der Waals surface area contributed by atoms with Crippen LogP contribution >= 0.6 is 0 Å². The van der Waals surface area contributed by atoms with Gasteiger partial charge < -0.3 is 4.74 Å². The number of hydrogen-bond acceptors (Lipinski definition) is 2. The van der Waals surface area contributed by atoms with Crippen LogP contribution in [-0.4, -0.2) is 13.3 Å². The van der Waals surface area contributed by atoms with Crippen molar-refractivity contribution in [3.8, 4) is 0 Å². The Morgan fingerprint density at radius 1 is 1.58 bits per heavy atom. The molecule has 0 amide bonds. The van der Waals surface area contributed by atoms with Gasteiger partial charge in [0.05, 0.1) is 6.61 Å². The van der Waals surface area contributed by atoms with Gasteiger partial charge in [0.15, 0.2) is 0 Å². The number of allylic oxidation sites excluding steroid dienone is 2. The molecule has 0 spiro atoms. The summed E-state index contributed by atoms with van der Waals surface area (Å²) < 4.78 is 5.32. The first-order valence-corrected chi connectivity index (χ1v) is 4.03. The molecule has 2 nitrogen and oxygen atoms in total. The topological polar surface area (TPSA) is 21.6 Å². The molecule has 0 atom stereocenters. The summed E-state index contributed by atoms with van der Waals surface area (Å²) in [6, 6.07) is 0. The Bertz CT molecular complexity index is 192. The summed E-state index contributed by atoms with van der Waals surface area (Å²) in [5, 5.41) is 0. The summed E-state index contributed by atoms with van der Waals surface area (Å²) in [6.45, 7) is 13.9. The van der Waals surface area contributed by atoms with Crippen LogP contribution in [0.25, 0.3) is 0 Å². The highest BCUT2D eigenvalue weighted by molar-refractivity contribution is 5.29. The third-order valence-corrected chi connectivity index (χ3v) is 1.22. The second-order valence-electron chi connectivity index (χ2n) is 3.11. The number of nitrogens with zero attached hydrogens (tertiary/aromatic N) is 1. The van der Waals surface area contributed by atoms with Crippen LogP contribution in [0.3, 0.4) is 0 Å². The quantitative estimate of drug-likeness (QED) is 0.350. The maximum absolute atomic E-state index is 5.32. The first-order chi connectivity index (χ1) is 5.56. The molecule has 0 aliphatic heterocycles. The van der Waals surface area contributed by atoms with E-state index in [1.807, 2.05) is 6.92 Å². The third kappa shape index (κ3) is 5.71. The van der Waals surface area contributed by atoms with Gasteiger partial charge in [0.2, 0.25) is 0 Å². The van der Waals surface area contributed by atoms with Crippen molar-refractivity contribution in [3.63, 3.8) is 0 Å². The van der Waals surface area contributed by atoms with E-state index < -0.39 is 0 Å². The van der Waals surface area contributed by atoms with E-state index >= 15 is 0 Å². The molecule has 0 N–H and O–H groups in total. The zero-order valence-electron chi connectivity index (χ0n) is 8.13. The Labute approximate surface area is 74.7 Å². The van der Waals surface area contributed by atoms with Crippen molar-refractivity contribution in [1.29, 1.82) is 0 Å². The molecule has 0 aromatic heterocycles. The van der Waals surface area contributed by atoms with Gasteiger partial charge in [-0.15, -0.1) is 0 Å². The predicted octanol–water partition coefficient (Wildman–Crippen LogP) is 2.78. The molecule has 0 radical (unpaired) electrons. The Kier molecular flexibility index (Phi) is 5.09. The fourth-order valence-electron chi connectivity index (χ4n) is 0.594. The lowest BCUT2D eigenvalue weighted by Gasteiger charge is -2.07. The fourth-order valence-corrected chi connectivity index (χ4v) is 0.594. The van der Waals surface area contributed by atoms with Crippen molar-refractivity contribution in [3.05, 3.63) is 24.1 Å². The zero-order valence-corrected chi connectivity index (χ0v) is 8.13. The first kappa shape index (κ1) is 11.0. The molecule has 0 heterocycles. The summed E-state index contributed by atoms with van der Waals surface area (Å²) in [4.78, 5) is 3.73. The molecule has 0 saturated heterocycles. The predicted molar refractivity (Wildman–Crippen MR) is 53.2 cm³/mol. The second-order valence-corrected chi connectivity index (χ2v) is 3.11. The van der Waals surface area contributed by atoms with Gasteiger partial charge in [-0.1, -0.05) is 20.4 Å². The molecule has 0 aromatic rings. The van der Waals surface area contributed by atoms with Gasteiger partial charge in [0.25, 0.3) is 0 Å². The average Bonchev–Trinajstić information content (AvgIpc) is 2.00. The van der Waals surface area contributed by atoms with Crippen LogP contribution in [0.2, 0.25) is 0 Å². The maximum Gasteiger partial charge on any atom is 0.113 e. The molecule has 12 heavy (non-hydrogen) atoms. The number of hydrogen-bond donors (Lipinski definition) is 0. The van der Waals surface area contributed by atoms with Crippen molar-refractivity contribution in [2.24, 2.45) is 10.9 Å². The van der Waals surface area contributed by atoms with Crippen molar-refractivity contribution in [2.45, 2.75) is 20.8 Å². The van der Waals surface area contributed by atoms with Crippen molar-refractivity contribution in [1.82, 2.24) is 0 Å². The van der Waals surface area contributed by atoms with Gasteiger partial charge in [0.1, 0.15) is 5.76 Å². The van der Waals surface area contributed by atoms with E-state index in [-0.39, 0.29) is 0 Å². The van der Waals surface area contributed by atoms with Gasteiger partial charge in [-0.05, 0) is 19.6 Å². The molecule has 0 bridgehead atoms. The summed E-state index contributed by atoms with van der Waals surface area (Å²) in [5.74, 6) is 1.17. The molecule has 0 rings (SSSR count). The molecule has 68 valence electrons. The largest absolute Gasteiger partial charge is 0.494 e. The van der Waals surface area contributed by atoms with Crippen LogP contribution in [0.15, 0.2) is 29.1 Å². The molecular formula is C10H17NO. The summed E-state index contributed by atoms with van der Waals surface area (Å²) >= 11 is 0. The number of ether oxygens (including phenoxy) is 1. The highest BCUT2D eigenvalue weighted by Crippen LogP contribution is 2.04. The lowest BCUT2D eigenvalue weighted by atomic mass is 10.2. The van der Waals surface area contributed by atoms with Crippen LogP contribution in [0.5, 0.6) is 0 Å². The standard InChI is InChI=1S/C10H17NO/c1-8(2)7-12-10(4)6-9(3)11-5/h6,8H,4-5,7H2,1-3H3/b9-6+. The summed E-state index contributed by atoms with van der Waals surface area (Å²) in [5.41, 5.74) is 0.823. The first-order valence-electron chi connectivity index (χ1n) is 4.03. The van der Waals surface area contributed by atoms with E-state index in [9.17, 15) is 0 Å². The molecule has 0 aromatic carbocycles. The van der Waals surface area contributed by atoms with E-state index in [0.29, 0.717) is 18.3 Å². The minimum atomic E-state index is 0.521. The lowest BCUT2D eigenvalue weighted by molar-refractivity contribution is 0.191.